The van der Waals surface area contributed by atoms with Gasteiger partial charge in [0, 0.05) is 22.7 Å². The molecule has 0 spiro atoms. The minimum absolute atomic E-state index is 0.512. The zero-order valence-electron chi connectivity index (χ0n) is 12.0. The van der Waals surface area contributed by atoms with Crippen molar-refractivity contribution in [3.63, 3.8) is 0 Å². The quantitative estimate of drug-likeness (QED) is 0.380. The van der Waals surface area contributed by atoms with Gasteiger partial charge in [-0.25, -0.2) is 9.97 Å². The van der Waals surface area contributed by atoms with Gasteiger partial charge in [0.2, 0.25) is 4.77 Å². The maximum absolute atomic E-state index is 5.42. The maximum atomic E-state index is 5.42. The molecule has 2 aromatic heterocycles. The SMILES string of the molecule is Cc1ccc2nc3c(cnc(=S)n3-c3ccccc3)cc2c1. The Morgan fingerprint density at radius 1 is 0.955 bits per heavy atom. The summed E-state index contributed by atoms with van der Waals surface area (Å²) < 4.78 is 2.43. The standard InChI is InChI=1S/C18H13N3S/c1-12-7-8-16-13(9-12)10-14-11-19-18(22)21(17(14)20-16)15-5-3-2-4-6-15/h2-11H,1H3. The van der Waals surface area contributed by atoms with Crippen LogP contribution in [0.25, 0.3) is 27.6 Å². The highest BCUT2D eigenvalue weighted by Crippen LogP contribution is 2.22. The Hall–Kier alpha value is -2.59. The molecule has 4 rings (SSSR count). The number of rotatable bonds is 1. The first kappa shape index (κ1) is 13.1. The van der Waals surface area contributed by atoms with Crippen LogP contribution in [-0.2, 0) is 0 Å². The molecule has 4 aromatic rings. The molecule has 4 heteroatoms. The fraction of sp³-hybridized carbons (Fsp3) is 0.0556. The molecule has 22 heavy (non-hydrogen) atoms. The van der Waals surface area contributed by atoms with Crippen molar-refractivity contribution in [2.75, 3.05) is 0 Å². The Morgan fingerprint density at radius 2 is 1.77 bits per heavy atom. The molecule has 2 aromatic carbocycles. The van der Waals surface area contributed by atoms with Crippen molar-refractivity contribution >= 4 is 34.2 Å². The van der Waals surface area contributed by atoms with E-state index in [1.807, 2.05) is 41.0 Å². The molecular formula is C18H13N3S. The van der Waals surface area contributed by atoms with Crippen molar-refractivity contribution in [3.8, 4) is 5.69 Å². The summed E-state index contributed by atoms with van der Waals surface area (Å²) in [6, 6.07) is 18.3. The number of hydrogen-bond acceptors (Lipinski definition) is 3. The molecule has 0 radical (unpaired) electrons. The van der Waals surface area contributed by atoms with Crippen molar-refractivity contribution in [1.29, 1.82) is 0 Å². The molecule has 0 aliphatic carbocycles. The minimum atomic E-state index is 0.512. The molecule has 0 fully saturated rings. The predicted molar refractivity (Wildman–Crippen MR) is 91.9 cm³/mol. The van der Waals surface area contributed by atoms with E-state index in [2.05, 4.69) is 30.1 Å². The summed E-state index contributed by atoms with van der Waals surface area (Å²) in [5, 5.41) is 2.10. The third kappa shape index (κ3) is 2.09. The van der Waals surface area contributed by atoms with Gasteiger partial charge in [-0.3, -0.25) is 4.57 Å². The first-order valence-corrected chi connectivity index (χ1v) is 7.48. The number of para-hydroxylation sites is 1. The lowest BCUT2D eigenvalue weighted by Gasteiger charge is -2.11. The molecule has 0 saturated heterocycles. The van der Waals surface area contributed by atoms with E-state index in [0.29, 0.717) is 4.77 Å². The number of hydrogen-bond donors (Lipinski definition) is 0. The van der Waals surface area contributed by atoms with Gasteiger partial charge in [-0.05, 0) is 49.5 Å². The summed E-state index contributed by atoms with van der Waals surface area (Å²) in [6.45, 7) is 2.08. The van der Waals surface area contributed by atoms with Crippen LogP contribution in [-0.4, -0.2) is 14.5 Å². The highest BCUT2D eigenvalue weighted by Gasteiger charge is 2.07. The number of pyridine rings is 1. The summed E-state index contributed by atoms with van der Waals surface area (Å²) >= 11 is 5.42. The Morgan fingerprint density at radius 3 is 2.59 bits per heavy atom. The average molecular weight is 303 g/mol. The van der Waals surface area contributed by atoms with Gasteiger partial charge in [-0.1, -0.05) is 29.8 Å². The number of aromatic nitrogens is 3. The minimum Gasteiger partial charge on any atom is -0.269 e. The van der Waals surface area contributed by atoms with Crippen molar-refractivity contribution in [2.45, 2.75) is 6.92 Å². The van der Waals surface area contributed by atoms with Crippen molar-refractivity contribution < 1.29 is 0 Å². The number of benzene rings is 2. The van der Waals surface area contributed by atoms with E-state index in [1.54, 1.807) is 6.20 Å². The number of aryl methyl sites for hydroxylation is 1. The highest BCUT2D eigenvalue weighted by molar-refractivity contribution is 7.71. The summed E-state index contributed by atoms with van der Waals surface area (Å²) in [5.41, 5.74) is 3.99. The molecular weight excluding hydrogens is 290 g/mol. The maximum Gasteiger partial charge on any atom is 0.205 e. The van der Waals surface area contributed by atoms with Crippen LogP contribution in [0, 0.1) is 11.7 Å². The average Bonchev–Trinajstić information content (AvgIpc) is 2.54. The number of fused-ring (bicyclic) bond motifs is 2. The lowest BCUT2D eigenvalue weighted by molar-refractivity contribution is 0.989. The van der Waals surface area contributed by atoms with Crippen LogP contribution >= 0.6 is 12.2 Å². The highest BCUT2D eigenvalue weighted by atomic mass is 32.1. The van der Waals surface area contributed by atoms with Crippen LogP contribution < -0.4 is 0 Å². The molecule has 0 aliphatic heterocycles. The van der Waals surface area contributed by atoms with Crippen LogP contribution in [0.4, 0.5) is 0 Å². The summed E-state index contributed by atoms with van der Waals surface area (Å²) in [6.07, 6.45) is 1.80. The molecule has 0 bridgehead atoms. The second kappa shape index (κ2) is 5.00. The van der Waals surface area contributed by atoms with E-state index in [4.69, 9.17) is 17.2 Å². The van der Waals surface area contributed by atoms with E-state index in [1.165, 1.54) is 5.56 Å². The lowest BCUT2D eigenvalue weighted by atomic mass is 10.1. The summed E-state index contributed by atoms with van der Waals surface area (Å²) in [4.78, 5) is 9.16. The van der Waals surface area contributed by atoms with E-state index in [9.17, 15) is 0 Å². The third-order valence-corrected chi connectivity index (χ3v) is 4.00. The topological polar surface area (TPSA) is 30.7 Å². The van der Waals surface area contributed by atoms with Gasteiger partial charge < -0.3 is 0 Å². The summed E-state index contributed by atoms with van der Waals surface area (Å²) in [5.74, 6) is 0. The summed E-state index contributed by atoms with van der Waals surface area (Å²) in [7, 11) is 0. The molecule has 3 nitrogen and oxygen atoms in total. The Kier molecular flexibility index (Phi) is 2.98. The second-order valence-electron chi connectivity index (χ2n) is 5.31. The molecule has 0 unspecified atom stereocenters. The van der Waals surface area contributed by atoms with E-state index < -0.39 is 0 Å². The Bertz CT molecular complexity index is 1050. The predicted octanol–water partition coefficient (Wildman–Crippen LogP) is 4.61. The first-order chi connectivity index (χ1) is 10.7. The van der Waals surface area contributed by atoms with Crippen molar-refractivity contribution in [3.05, 3.63) is 71.1 Å². The molecule has 2 heterocycles. The molecule has 106 valence electrons. The molecule has 0 N–H and O–H groups in total. The fourth-order valence-electron chi connectivity index (χ4n) is 2.66. The smallest absolute Gasteiger partial charge is 0.205 e. The zero-order chi connectivity index (χ0) is 15.1. The van der Waals surface area contributed by atoms with Crippen LogP contribution in [0.5, 0.6) is 0 Å². The van der Waals surface area contributed by atoms with Gasteiger partial charge in [0.1, 0.15) is 5.65 Å². The molecule has 0 aliphatic rings. The van der Waals surface area contributed by atoms with Crippen molar-refractivity contribution in [1.82, 2.24) is 14.5 Å². The van der Waals surface area contributed by atoms with Crippen LogP contribution in [0.15, 0.2) is 60.8 Å². The van der Waals surface area contributed by atoms with Crippen molar-refractivity contribution in [2.24, 2.45) is 0 Å². The monoisotopic (exact) mass is 303 g/mol. The Labute approximate surface area is 132 Å². The second-order valence-corrected chi connectivity index (χ2v) is 5.67. The molecule has 0 saturated carbocycles. The van der Waals surface area contributed by atoms with E-state index in [-0.39, 0.29) is 0 Å². The molecule has 0 amide bonds. The van der Waals surface area contributed by atoms with Crippen LogP contribution in [0.1, 0.15) is 5.56 Å². The van der Waals surface area contributed by atoms with E-state index >= 15 is 0 Å². The van der Waals surface area contributed by atoms with Gasteiger partial charge in [-0.2, -0.15) is 0 Å². The normalized spacial score (nSPS) is 11.1. The van der Waals surface area contributed by atoms with Gasteiger partial charge >= 0.3 is 0 Å². The van der Waals surface area contributed by atoms with Gasteiger partial charge in [0.05, 0.1) is 5.52 Å². The number of nitrogens with zero attached hydrogens (tertiary/aromatic N) is 3. The van der Waals surface area contributed by atoms with Crippen LogP contribution in [0.2, 0.25) is 0 Å². The van der Waals surface area contributed by atoms with Gasteiger partial charge in [-0.15, -0.1) is 0 Å². The fourth-order valence-corrected chi connectivity index (χ4v) is 2.90. The largest absolute Gasteiger partial charge is 0.269 e. The van der Waals surface area contributed by atoms with Crippen LogP contribution in [0.3, 0.4) is 0 Å². The molecule has 0 atom stereocenters. The Balaban J connectivity index is 2.14. The van der Waals surface area contributed by atoms with Gasteiger partial charge in [0.15, 0.2) is 0 Å². The van der Waals surface area contributed by atoms with E-state index in [0.717, 1.165) is 27.6 Å². The zero-order valence-corrected chi connectivity index (χ0v) is 12.8. The van der Waals surface area contributed by atoms with Gasteiger partial charge in [0.25, 0.3) is 0 Å². The first-order valence-electron chi connectivity index (χ1n) is 7.07. The lowest BCUT2D eigenvalue weighted by Crippen LogP contribution is -2.03. The third-order valence-electron chi connectivity index (χ3n) is 3.71.